The Hall–Kier alpha value is -6.06. The summed E-state index contributed by atoms with van der Waals surface area (Å²) in [6.07, 6.45) is 0. The van der Waals surface area contributed by atoms with Crippen molar-refractivity contribution in [2.24, 2.45) is 0 Å². The van der Waals surface area contributed by atoms with E-state index in [2.05, 4.69) is 178 Å². The molecule has 0 bridgehead atoms. The van der Waals surface area contributed by atoms with Crippen molar-refractivity contribution >= 4 is 55.0 Å². The summed E-state index contributed by atoms with van der Waals surface area (Å²) in [6.45, 7) is 0.796. The first kappa shape index (κ1) is 25.3. The maximum atomic E-state index is 2.55. The molecule has 46 heavy (non-hydrogen) atoms. The first-order valence-corrected chi connectivity index (χ1v) is 15.9. The molecule has 0 radical (unpaired) electrons. The predicted molar refractivity (Wildman–Crippen MR) is 193 cm³/mol. The Bertz CT molecular complexity index is 2610. The van der Waals surface area contributed by atoms with E-state index in [1.54, 1.807) is 0 Å². The van der Waals surface area contributed by atoms with E-state index in [1.165, 1.54) is 83.1 Å². The van der Waals surface area contributed by atoms with Crippen molar-refractivity contribution in [3.05, 3.63) is 169 Å². The van der Waals surface area contributed by atoms with Crippen LogP contribution in [0, 0.1) is 0 Å². The molecule has 1 aliphatic rings. The zero-order chi connectivity index (χ0) is 30.2. The molecule has 3 nitrogen and oxygen atoms in total. The lowest BCUT2D eigenvalue weighted by Crippen LogP contribution is -2.22. The van der Waals surface area contributed by atoms with Crippen molar-refractivity contribution in [1.82, 2.24) is 9.13 Å². The predicted octanol–water partition coefficient (Wildman–Crippen LogP) is 11.2. The third-order valence-corrected chi connectivity index (χ3v) is 9.72. The summed E-state index contributed by atoms with van der Waals surface area (Å²) < 4.78 is 4.87. The van der Waals surface area contributed by atoms with Crippen molar-refractivity contribution in [3.8, 4) is 22.5 Å². The molecular formula is C43H29N3. The maximum absolute atomic E-state index is 2.55. The standard InChI is InChI=1S/C43H29N3/c1-3-15-30(16-4-1)45-37-23-12-10-21-35(37)41-38(24-13-25-40(41)45)44-28-29-14-7-8-19-32(29)42-39(44)27-26-34-33-20-9-11-22-36(33)46(43(34)42)31-17-5-2-6-18-31/h1-27H,28H2. The highest BCUT2D eigenvalue weighted by atomic mass is 15.2. The molecule has 7 aromatic carbocycles. The van der Waals surface area contributed by atoms with E-state index < -0.39 is 0 Å². The van der Waals surface area contributed by atoms with Gasteiger partial charge in [0, 0.05) is 45.0 Å². The van der Waals surface area contributed by atoms with E-state index in [9.17, 15) is 0 Å². The van der Waals surface area contributed by atoms with Gasteiger partial charge in [-0.05, 0) is 65.7 Å². The molecule has 216 valence electrons. The number of nitrogens with zero attached hydrogens (tertiary/aromatic N) is 3. The molecule has 2 aromatic heterocycles. The topological polar surface area (TPSA) is 13.1 Å². The van der Waals surface area contributed by atoms with E-state index in [4.69, 9.17) is 0 Å². The van der Waals surface area contributed by atoms with E-state index >= 15 is 0 Å². The molecule has 0 aliphatic carbocycles. The molecule has 3 heterocycles. The van der Waals surface area contributed by atoms with Crippen LogP contribution in [-0.2, 0) is 6.54 Å². The smallest absolute Gasteiger partial charge is 0.0640 e. The number of aromatic nitrogens is 2. The quantitative estimate of drug-likeness (QED) is 0.200. The fourth-order valence-electron chi connectivity index (χ4n) is 7.84. The number of rotatable bonds is 3. The summed E-state index contributed by atoms with van der Waals surface area (Å²) in [7, 11) is 0. The monoisotopic (exact) mass is 587 g/mol. The fourth-order valence-corrected chi connectivity index (χ4v) is 7.84. The zero-order valence-electron chi connectivity index (χ0n) is 25.1. The third kappa shape index (κ3) is 3.48. The molecule has 9 aromatic rings. The van der Waals surface area contributed by atoms with Gasteiger partial charge in [0.25, 0.3) is 0 Å². The molecule has 0 amide bonds. The van der Waals surface area contributed by atoms with Gasteiger partial charge in [0.15, 0.2) is 0 Å². The average Bonchev–Trinajstić information content (AvgIpc) is 3.65. The highest BCUT2D eigenvalue weighted by molar-refractivity contribution is 6.19. The molecule has 0 saturated carbocycles. The Morgan fingerprint density at radius 3 is 1.78 bits per heavy atom. The number of fused-ring (bicyclic) bond motifs is 10. The Morgan fingerprint density at radius 1 is 0.391 bits per heavy atom. The van der Waals surface area contributed by atoms with Crippen molar-refractivity contribution in [2.45, 2.75) is 6.54 Å². The highest BCUT2D eigenvalue weighted by Crippen LogP contribution is 2.51. The second-order valence-corrected chi connectivity index (χ2v) is 12.1. The first-order chi connectivity index (χ1) is 22.9. The van der Waals surface area contributed by atoms with Crippen LogP contribution < -0.4 is 4.90 Å². The lowest BCUT2D eigenvalue weighted by molar-refractivity contribution is 0.966. The van der Waals surface area contributed by atoms with Gasteiger partial charge in [-0.15, -0.1) is 0 Å². The summed E-state index contributed by atoms with van der Waals surface area (Å²) in [5.41, 5.74) is 13.6. The molecule has 0 saturated heterocycles. The summed E-state index contributed by atoms with van der Waals surface area (Å²) in [5, 5.41) is 5.08. The SMILES string of the molecule is c1ccc(-n2c3ccccc3c3c(N4Cc5ccccc5-c5c4ccc4c6ccccc6n(-c6ccccc6)c54)cccc32)cc1. The van der Waals surface area contributed by atoms with Gasteiger partial charge in [0.2, 0.25) is 0 Å². The normalized spacial score (nSPS) is 12.7. The van der Waals surface area contributed by atoms with Gasteiger partial charge in [0.05, 0.1) is 33.4 Å². The van der Waals surface area contributed by atoms with Crippen LogP contribution in [0.25, 0.3) is 66.1 Å². The van der Waals surface area contributed by atoms with Gasteiger partial charge < -0.3 is 14.0 Å². The number of hydrogen-bond acceptors (Lipinski definition) is 1. The molecule has 0 fully saturated rings. The lowest BCUT2D eigenvalue weighted by Gasteiger charge is -2.34. The number of para-hydroxylation sites is 4. The molecule has 3 heteroatoms. The van der Waals surface area contributed by atoms with Gasteiger partial charge in [-0.1, -0.05) is 109 Å². The maximum Gasteiger partial charge on any atom is 0.0640 e. The Labute approximate surface area is 266 Å². The van der Waals surface area contributed by atoms with Crippen LogP contribution in [0.5, 0.6) is 0 Å². The Morgan fingerprint density at radius 2 is 1.00 bits per heavy atom. The van der Waals surface area contributed by atoms with Crippen LogP contribution in [-0.4, -0.2) is 9.13 Å². The minimum Gasteiger partial charge on any atom is -0.336 e. The zero-order valence-corrected chi connectivity index (χ0v) is 25.1. The highest BCUT2D eigenvalue weighted by Gasteiger charge is 2.29. The van der Waals surface area contributed by atoms with Crippen molar-refractivity contribution in [1.29, 1.82) is 0 Å². The average molecular weight is 588 g/mol. The van der Waals surface area contributed by atoms with E-state index in [0.29, 0.717) is 0 Å². The van der Waals surface area contributed by atoms with Crippen LogP contribution in [0.1, 0.15) is 5.56 Å². The molecular weight excluding hydrogens is 558 g/mol. The van der Waals surface area contributed by atoms with E-state index in [-0.39, 0.29) is 0 Å². The minimum absolute atomic E-state index is 0.796. The van der Waals surface area contributed by atoms with E-state index in [0.717, 1.165) is 6.54 Å². The Balaban J connectivity index is 1.33. The van der Waals surface area contributed by atoms with Crippen molar-refractivity contribution in [3.63, 3.8) is 0 Å². The summed E-state index contributed by atoms with van der Waals surface area (Å²) in [4.78, 5) is 2.55. The van der Waals surface area contributed by atoms with Gasteiger partial charge in [-0.25, -0.2) is 0 Å². The largest absolute Gasteiger partial charge is 0.336 e. The van der Waals surface area contributed by atoms with Gasteiger partial charge in [0.1, 0.15) is 0 Å². The molecule has 0 atom stereocenters. The molecule has 1 aliphatic heterocycles. The van der Waals surface area contributed by atoms with Crippen LogP contribution >= 0.6 is 0 Å². The van der Waals surface area contributed by atoms with Crippen LogP contribution in [0.2, 0.25) is 0 Å². The van der Waals surface area contributed by atoms with E-state index in [1.807, 2.05) is 0 Å². The van der Waals surface area contributed by atoms with Crippen molar-refractivity contribution < 1.29 is 0 Å². The summed E-state index contributed by atoms with van der Waals surface area (Å²) >= 11 is 0. The minimum atomic E-state index is 0.796. The summed E-state index contributed by atoms with van der Waals surface area (Å²) in [6, 6.07) is 59.6. The molecule has 0 unspecified atom stereocenters. The van der Waals surface area contributed by atoms with Crippen LogP contribution in [0.15, 0.2) is 164 Å². The van der Waals surface area contributed by atoms with Crippen LogP contribution in [0.4, 0.5) is 11.4 Å². The molecule has 0 spiro atoms. The number of hydrogen-bond donors (Lipinski definition) is 0. The van der Waals surface area contributed by atoms with Crippen molar-refractivity contribution in [2.75, 3.05) is 4.90 Å². The second-order valence-electron chi connectivity index (χ2n) is 12.1. The molecule has 0 N–H and O–H groups in total. The summed E-state index contributed by atoms with van der Waals surface area (Å²) in [5.74, 6) is 0. The fraction of sp³-hybridized carbons (Fsp3) is 0.0233. The molecule has 10 rings (SSSR count). The van der Waals surface area contributed by atoms with Gasteiger partial charge in [-0.2, -0.15) is 0 Å². The third-order valence-electron chi connectivity index (χ3n) is 9.72. The number of benzene rings is 7. The van der Waals surface area contributed by atoms with Crippen LogP contribution in [0.3, 0.4) is 0 Å². The lowest BCUT2D eigenvalue weighted by atomic mass is 9.90. The van der Waals surface area contributed by atoms with Gasteiger partial charge in [-0.3, -0.25) is 0 Å². The first-order valence-electron chi connectivity index (χ1n) is 15.9. The number of anilines is 2. The Kier molecular flexibility index (Phi) is 5.34. The second kappa shape index (κ2) is 9.72. The van der Waals surface area contributed by atoms with Gasteiger partial charge >= 0.3 is 0 Å².